The predicted molar refractivity (Wildman–Crippen MR) is 86.4 cm³/mol. The van der Waals surface area contributed by atoms with E-state index < -0.39 is 6.10 Å². The minimum absolute atomic E-state index is 0.0729. The average molecular weight is 305 g/mol. The second kappa shape index (κ2) is 8.91. The number of rotatable bonds is 7. The van der Waals surface area contributed by atoms with Gasteiger partial charge in [0.15, 0.2) is 0 Å². The van der Waals surface area contributed by atoms with Crippen molar-refractivity contribution in [3.63, 3.8) is 0 Å². The molecular formula is C18H27NO3. The molecule has 0 bridgehead atoms. The lowest BCUT2D eigenvalue weighted by Crippen LogP contribution is -2.41. The number of benzene rings is 1. The molecular weight excluding hydrogens is 278 g/mol. The number of nitrogens with zero attached hydrogens (tertiary/aromatic N) is 1. The van der Waals surface area contributed by atoms with E-state index >= 15 is 0 Å². The van der Waals surface area contributed by atoms with Crippen LogP contribution in [-0.4, -0.2) is 42.2 Å². The van der Waals surface area contributed by atoms with Crippen molar-refractivity contribution in [1.82, 2.24) is 4.90 Å². The Kier molecular flexibility index (Phi) is 6.87. The normalized spacial score (nSPS) is 17.5. The van der Waals surface area contributed by atoms with E-state index in [0.29, 0.717) is 19.7 Å². The van der Waals surface area contributed by atoms with Crippen LogP contribution in [0, 0.1) is 5.92 Å². The Morgan fingerprint density at radius 2 is 2.00 bits per heavy atom. The van der Waals surface area contributed by atoms with Gasteiger partial charge < -0.3 is 14.7 Å². The van der Waals surface area contributed by atoms with Crippen molar-refractivity contribution in [2.45, 2.75) is 38.7 Å². The highest BCUT2D eigenvalue weighted by atomic mass is 16.5. The molecule has 1 aliphatic heterocycles. The van der Waals surface area contributed by atoms with Crippen molar-refractivity contribution in [2.75, 3.05) is 26.3 Å². The first-order chi connectivity index (χ1) is 10.7. The Labute approximate surface area is 133 Å². The second-order valence-corrected chi connectivity index (χ2v) is 5.98. The zero-order valence-electron chi connectivity index (χ0n) is 13.4. The summed E-state index contributed by atoms with van der Waals surface area (Å²) in [6.07, 6.45) is 3.34. The first-order valence-electron chi connectivity index (χ1n) is 8.31. The van der Waals surface area contributed by atoms with Crippen LogP contribution in [0.15, 0.2) is 30.3 Å². The summed E-state index contributed by atoms with van der Waals surface area (Å²) in [4.78, 5) is 13.9. The van der Waals surface area contributed by atoms with Crippen molar-refractivity contribution < 1.29 is 14.6 Å². The molecule has 1 fully saturated rings. The molecule has 0 saturated carbocycles. The largest absolute Gasteiger partial charge is 0.388 e. The molecule has 1 unspecified atom stereocenters. The van der Waals surface area contributed by atoms with Crippen LogP contribution in [0.2, 0.25) is 0 Å². The van der Waals surface area contributed by atoms with E-state index in [-0.39, 0.29) is 18.4 Å². The summed E-state index contributed by atoms with van der Waals surface area (Å²) in [6, 6.07) is 9.78. The van der Waals surface area contributed by atoms with Gasteiger partial charge in [-0.25, -0.2) is 0 Å². The molecule has 2 rings (SSSR count). The van der Waals surface area contributed by atoms with Crippen LogP contribution < -0.4 is 0 Å². The number of likely N-dealkylation sites (tertiary alicyclic amines) is 1. The Bertz CT molecular complexity index is 441. The Morgan fingerprint density at radius 3 is 2.64 bits per heavy atom. The van der Waals surface area contributed by atoms with Crippen LogP contribution in [0.4, 0.5) is 0 Å². The maximum Gasteiger partial charge on any atom is 0.248 e. The van der Waals surface area contributed by atoms with E-state index in [1.165, 1.54) is 0 Å². The van der Waals surface area contributed by atoms with Crippen molar-refractivity contribution in [3.8, 4) is 0 Å². The lowest BCUT2D eigenvalue weighted by atomic mass is 9.87. The maximum atomic E-state index is 12.0. The van der Waals surface area contributed by atoms with Gasteiger partial charge in [0, 0.05) is 19.7 Å². The molecule has 1 aliphatic rings. The molecule has 0 radical (unpaired) electrons. The summed E-state index contributed by atoms with van der Waals surface area (Å²) in [7, 11) is 0. The topological polar surface area (TPSA) is 49.8 Å². The van der Waals surface area contributed by atoms with Gasteiger partial charge in [-0.2, -0.15) is 0 Å². The van der Waals surface area contributed by atoms with E-state index in [4.69, 9.17) is 4.74 Å². The molecule has 4 heteroatoms. The lowest BCUT2D eigenvalue weighted by molar-refractivity contribution is -0.138. The number of carbonyl (C=O) groups is 1. The molecule has 1 heterocycles. The van der Waals surface area contributed by atoms with E-state index in [2.05, 4.69) is 6.92 Å². The fourth-order valence-electron chi connectivity index (χ4n) is 2.88. The van der Waals surface area contributed by atoms with E-state index in [1.54, 1.807) is 0 Å². The fraction of sp³-hybridized carbons (Fsp3) is 0.611. The monoisotopic (exact) mass is 305 g/mol. The molecule has 1 aromatic carbocycles. The third-order valence-electron chi connectivity index (χ3n) is 4.35. The minimum atomic E-state index is -0.431. The molecule has 122 valence electrons. The number of aliphatic hydroxyl groups is 1. The summed E-state index contributed by atoms with van der Waals surface area (Å²) in [5.74, 6) is 0.302. The van der Waals surface area contributed by atoms with E-state index in [0.717, 1.165) is 31.2 Å². The minimum Gasteiger partial charge on any atom is -0.388 e. The first-order valence-corrected chi connectivity index (χ1v) is 8.31. The van der Waals surface area contributed by atoms with Crippen LogP contribution in [0.3, 0.4) is 0 Å². The van der Waals surface area contributed by atoms with Gasteiger partial charge in [0.1, 0.15) is 6.61 Å². The van der Waals surface area contributed by atoms with Gasteiger partial charge in [0.05, 0.1) is 6.10 Å². The highest BCUT2D eigenvalue weighted by Gasteiger charge is 2.28. The zero-order valence-corrected chi connectivity index (χ0v) is 13.4. The lowest BCUT2D eigenvalue weighted by Gasteiger charge is -2.34. The van der Waals surface area contributed by atoms with E-state index in [9.17, 15) is 9.90 Å². The van der Waals surface area contributed by atoms with Crippen molar-refractivity contribution in [1.29, 1.82) is 0 Å². The standard InChI is InChI=1S/C18H27NO3/c1-2-3-13-22-14-17(20)19-11-9-16(10-12-19)18(21)15-7-5-4-6-8-15/h4-8,16,18,21H,2-3,9-14H2,1H3. The van der Waals surface area contributed by atoms with Gasteiger partial charge in [-0.1, -0.05) is 43.7 Å². The van der Waals surface area contributed by atoms with Crippen molar-refractivity contribution in [2.24, 2.45) is 5.92 Å². The molecule has 1 aromatic rings. The quantitative estimate of drug-likeness (QED) is 0.788. The second-order valence-electron chi connectivity index (χ2n) is 5.98. The SMILES string of the molecule is CCCCOCC(=O)N1CCC(C(O)c2ccccc2)CC1. The molecule has 0 spiro atoms. The van der Waals surface area contributed by atoms with Crippen LogP contribution in [0.1, 0.15) is 44.3 Å². The average Bonchev–Trinajstić information content (AvgIpc) is 2.59. The number of hydrogen-bond donors (Lipinski definition) is 1. The number of carbonyl (C=O) groups excluding carboxylic acids is 1. The Morgan fingerprint density at radius 1 is 1.32 bits per heavy atom. The van der Waals surface area contributed by atoms with Gasteiger partial charge >= 0.3 is 0 Å². The molecule has 0 aromatic heterocycles. The predicted octanol–water partition coefficient (Wildman–Crippen LogP) is 2.78. The molecule has 4 nitrogen and oxygen atoms in total. The fourth-order valence-corrected chi connectivity index (χ4v) is 2.88. The van der Waals surface area contributed by atoms with Crippen LogP contribution in [0.25, 0.3) is 0 Å². The molecule has 0 aliphatic carbocycles. The summed E-state index contributed by atoms with van der Waals surface area (Å²) in [5, 5.41) is 10.4. The number of amides is 1. The highest BCUT2D eigenvalue weighted by Crippen LogP contribution is 2.30. The number of piperidine rings is 1. The van der Waals surface area contributed by atoms with Gasteiger partial charge in [0.2, 0.25) is 5.91 Å². The van der Waals surface area contributed by atoms with Gasteiger partial charge in [-0.3, -0.25) is 4.79 Å². The maximum absolute atomic E-state index is 12.0. The van der Waals surface area contributed by atoms with Crippen molar-refractivity contribution in [3.05, 3.63) is 35.9 Å². The Hall–Kier alpha value is -1.39. The van der Waals surface area contributed by atoms with Crippen LogP contribution >= 0.6 is 0 Å². The van der Waals surface area contributed by atoms with Gasteiger partial charge in [-0.05, 0) is 30.7 Å². The molecule has 1 saturated heterocycles. The number of unbranched alkanes of at least 4 members (excludes halogenated alkanes) is 1. The van der Waals surface area contributed by atoms with Gasteiger partial charge in [-0.15, -0.1) is 0 Å². The van der Waals surface area contributed by atoms with Crippen LogP contribution in [0.5, 0.6) is 0 Å². The molecule has 1 amide bonds. The Balaban J connectivity index is 1.74. The summed E-state index contributed by atoms with van der Waals surface area (Å²) in [6.45, 7) is 4.38. The molecule has 1 N–H and O–H groups in total. The zero-order chi connectivity index (χ0) is 15.8. The van der Waals surface area contributed by atoms with Crippen LogP contribution in [-0.2, 0) is 9.53 Å². The number of ether oxygens (including phenoxy) is 1. The van der Waals surface area contributed by atoms with E-state index in [1.807, 2.05) is 35.2 Å². The highest BCUT2D eigenvalue weighted by molar-refractivity contribution is 5.77. The molecule has 22 heavy (non-hydrogen) atoms. The summed E-state index contributed by atoms with van der Waals surface area (Å²) in [5.41, 5.74) is 0.968. The summed E-state index contributed by atoms with van der Waals surface area (Å²) < 4.78 is 5.39. The summed E-state index contributed by atoms with van der Waals surface area (Å²) >= 11 is 0. The number of aliphatic hydroxyl groups excluding tert-OH is 1. The first kappa shape index (κ1) is 17.0. The number of hydrogen-bond acceptors (Lipinski definition) is 3. The van der Waals surface area contributed by atoms with Crippen molar-refractivity contribution >= 4 is 5.91 Å². The smallest absolute Gasteiger partial charge is 0.248 e. The van der Waals surface area contributed by atoms with Gasteiger partial charge in [0.25, 0.3) is 0 Å². The third kappa shape index (κ3) is 4.82. The molecule has 1 atom stereocenters. The third-order valence-corrected chi connectivity index (χ3v) is 4.35.